The van der Waals surface area contributed by atoms with E-state index in [0.717, 1.165) is 30.0 Å². The van der Waals surface area contributed by atoms with Crippen molar-refractivity contribution in [1.82, 2.24) is 24.9 Å². The molecule has 0 atom stereocenters. The minimum atomic E-state index is -0.0637. The molecule has 0 fully saturated rings. The molecule has 0 saturated heterocycles. The zero-order valence-corrected chi connectivity index (χ0v) is 18.8. The summed E-state index contributed by atoms with van der Waals surface area (Å²) >= 11 is 1.50. The van der Waals surface area contributed by atoms with E-state index >= 15 is 0 Å². The van der Waals surface area contributed by atoms with Crippen molar-refractivity contribution in [2.75, 3.05) is 19.8 Å². The number of aromatic nitrogens is 4. The standard InChI is InChI=1S/C22H29N5O2S/c1-15(2)13-29-11-7-10-23-20(28)19-9-6-5-8-18(19)14-30-22-25-21-24-16(3)12-17(4)27(21)26-22/h5-6,8-9,12,15H,7,10-11,13-14H2,1-4H3,(H,23,28). The quantitative estimate of drug-likeness (QED) is 0.391. The van der Waals surface area contributed by atoms with Crippen LogP contribution in [-0.2, 0) is 10.5 Å². The van der Waals surface area contributed by atoms with Gasteiger partial charge in [-0.25, -0.2) is 9.50 Å². The average molecular weight is 428 g/mol. The maximum Gasteiger partial charge on any atom is 0.253 e. The van der Waals surface area contributed by atoms with Crippen molar-refractivity contribution in [3.05, 3.63) is 52.8 Å². The van der Waals surface area contributed by atoms with E-state index in [-0.39, 0.29) is 5.91 Å². The average Bonchev–Trinajstić information content (AvgIpc) is 3.12. The minimum absolute atomic E-state index is 0.0637. The lowest BCUT2D eigenvalue weighted by atomic mass is 10.1. The maximum absolute atomic E-state index is 12.6. The Kier molecular flexibility index (Phi) is 7.81. The van der Waals surface area contributed by atoms with E-state index in [9.17, 15) is 4.79 Å². The third kappa shape index (κ3) is 6.03. The first-order chi connectivity index (χ1) is 14.4. The summed E-state index contributed by atoms with van der Waals surface area (Å²) in [5, 5.41) is 8.16. The molecule has 0 unspecified atom stereocenters. The van der Waals surface area contributed by atoms with Crippen LogP contribution in [-0.4, -0.2) is 45.2 Å². The Morgan fingerprint density at radius 2 is 2.03 bits per heavy atom. The Labute approximate surface area is 181 Å². The SMILES string of the molecule is Cc1cc(C)n2nc(SCc3ccccc3C(=O)NCCCOCC(C)C)nc2n1. The largest absolute Gasteiger partial charge is 0.381 e. The smallest absolute Gasteiger partial charge is 0.253 e. The molecule has 3 aromatic rings. The van der Waals surface area contributed by atoms with Crippen molar-refractivity contribution in [2.45, 2.75) is 45.0 Å². The van der Waals surface area contributed by atoms with Gasteiger partial charge < -0.3 is 10.1 Å². The first-order valence-corrected chi connectivity index (χ1v) is 11.2. The predicted molar refractivity (Wildman–Crippen MR) is 119 cm³/mol. The van der Waals surface area contributed by atoms with Crippen LogP contribution in [0, 0.1) is 19.8 Å². The molecule has 1 amide bonds. The molecule has 2 aromatic heterocycles. The summed E-state index contributed by atoms with van der Waals surface area (Å²) in [6, 6.07) is 9.63. The highest BCUT2D eigenvalue weighted by Gasteiger charge is 2.13. The van der Waals surface area contributed by atoms with Crippen LogP contribution in [0.5, 0.6) is 0 Å². The monoisotopic (exact) mass is 427 g/mol. The van der Waals surface area contributed by atoms with Gasteiger partial charge in [0.2, 0.25) is 5.16 Å². The van der Waals surface area contributed by atoms with Crippen molar-refractivity contribution < 1.29 is 9.53 Å². The summed E-state index contributed by atoms with van der Waals surface area (Å²) in [6.45, 7) is 10.2. The number of benzene rings is 1. The molecule has 0 spiro atoms. The number of carbonyl (C=O) groups is 1. The van der Waals surface area contributed by atoms with Gasteiger partial charge in [0.15, 0.2) is 0 Å². The Bertz CT molecular complexity index is 1000. The number of carbonyl (C=O) groups excluding carboxylic acids is 1. The van der Waals surface area contributed by atoms with Gasteiger partial charge in [0.05, 0.1) is 0 Å². The zero-order valence-electron chi connectivity index (χ0n) is 18.0. The Balaban J connectivity index is 1.57. The van der Waals surface area contributed by atoms with Crippen LogP contribution in [0.3, 0.4) is 0 Å². The highest BCUT2D eigenvalue weighted by molar-refractivity contribution is 7.98. The first kappa shape index (κ1) is 22.2. The van der Waals surface area contributed by atoms with E-state index in [2.05, 4.69) is 34.2 Å². The Hall–Kier alpha value is -2.45. The van der Waals surface area contributed by atoms with E-state index in [1.54, 1.807) is 4.52 Å². The van der Waals surface area contributed by atoms with Crippen molar-refractivity contribution in [1.29, 1.82) is 0 Å². The summed E-state index contributed by atoms with van der Waals surface area (Å²) in [7, 11) is 0. The maximum atomic E-state index is 12.6. The van der Waals surface area contributed by atoms with Gasteiger partial charge in [0.25, 0.3) is 11.7 Å². The second-order valence-corrected chi connectivity index (χ2v) is 8.61. The second kappa shape index (κ2) is 10.5. The number of nitrogens with one attached hydrogen (secondary N) is 1. The normalized spacial score (nSPS) is 11.4. The molecule has 8 heteroatoms. The number of rotatable bonds is 10. The molecule has 7 nitrogen and oxygen atoms in total. The van der Waals surface area contributed by atoms with Crippen LogP contribution in [0.1, 0.15) is 47.6 Å². The Morgan fingerprint density at radius 3 is 2.83 bits per heavy atom. The molecule has 0 aliphatic heterocycles. The van der Waals surface area contributed by atoms with Crippen LogP contribution in [0.2, 0.25) is 0 Å². The number of aryl methyl sites for hydroxylation is 2. The molecule has 30 heavy (non-hydrogen) atoms. The van der Waals surface area contributed by atoms with Gasteiger partial charge in [-0.3, -0.25) is 4.79 Å². The number of hydrogen-bond donors (Lipinski definition) is 1. The molecule has 0 radical (unpaired) electrons. The number of hydrogen-bond acceptors (Lipinski definition) is 6. The molecule has 0 aliphatic rings. The van der Waals surface area contributed by atoms with Crippen molar-refractivity contribution in [2.24, 2.45) is 5.92 Å². The van der Waals surface area contributed by atoms with Gasteiger partial charge in [-0.15, -0.1) is 5.10 Å². The molecule has 0 bridgehead atoms. The van der Waals surface area contributed by atoms with Crippen molar-refractivity contribution in [3.8, 4) is 0 Å². The highest BCUT2D eigenvalue weighted by Crippen LogP contribution is 2.22. The molecule has 160 valence electrons. The van der Waals surface area contributed by atoms with Gasteiger partial charge in [-0.2, -0.15) is 4.98 Å². The summed E-state index contributed by atoms with van der Waals surface area (Å²) in [4.78, 5) is 21.6. The van der Waals surface area contributed by atoms with E-state index in [0.29, 0.717) is 41.3 Å². The van der Waals surface area contributed by atoms with E-state index < -0.39 is 0 Å². The summed E-state index contributed by atoms with van der Waals surface area (Å²) in [6.07, 6.45) is 0.798. The molecule has 1 aromatic carbocycles. The summed E-state index contributed by atoms with van der Waals surface area (Å²) in [5.74, 6) is 1.66. The van der Waals surface area contributed by atoms with Crippen LogP contribution >= 0.6 is 11.8 Å². The van der Waals surface area contributed by atoms with Crippen LogP contribution in [0.15, 0.2) is 35.5 Å². The first-order valence-electron chi connectivity index (χ1n) is 10.2. The van der Waals surface area contributed by atoms with Crippen LogP contribution in [0.25, 0.3) is 5.78 Å². The fourth-order valence-electron chi connectivity index (χ4n) is 3.01. The number of nitrogens with zero attached hydrogens (tertiary/aromatic N) is 4. The van der Waals surface area contributed by atoms with Crippen LogP contribution in [0.4, 0.5) is 0 Å². The van der Waals surface area contributed by atoms with E-state index in [1.807, 2.05) is 44.2 Å². The third-order valence-electron chi connectivity index (χ3n) is 4.42. The number of amides is 1. The lowest BCUT2D eigenvalue weighted by molar-refractivity contribution is 0.0924. The third-order valence-corrected chi connectivity index (χ3v) is 5.31. The molecular formula is C22H29N5O2S. The zero-order chi connectivity index (χ0) is 21.5. The predicted octanol–water partition coefficient (Wildman–Crippen LogP) is 3.83. The summed E-state index contributed by atoms with van der Waals surface area (Å²) < 4.78 is 7.30. The second-order valence-electron chi connectivity index (χ2n) is 7.67. The lowest BCUT2D eigenvalue weighted by Gasteiger charge is -2.10. The van der Waals surface area contributed by atoms with Gasteiger partial charge >= 0.3 is 0 Å². The molecule has 3 rings (SSSR count). The highest BCUT2D eigenvalue weighted by atomic mass is 32.2. The molecule has 1 N–H and O–H groups in total. The van der Waals surface area contributed by atoms with Crippen molar-refractivity contribution in [3.63, 3.8) is 0 Å². The molecule has 0 aliphatic carbocycles. The van der Waals surface area contributed by atoms with Crippen molar-refractivity contribution >= 4 is 23.4 Å². The van der Waals surface area contributed by atoms with Gasteiger partial charge in [-0.1, -0.05) is 43.8 Å². The minimum Gasteiger partial charge on any atom is -0.381 e. The fraction of sp³-hybridized carbons (Fsp3) is 0.455. The van der Waals surface area contributed by atoms with Gasteiger partial charge in [-0.05, 0) is 43.9 Å². The molecule has 2 heterocycles. The number of thioether (sulfide) groups is 1. The molecular weight excluding hydrogens is 398 g/mol. The van der Waals surface area contributed by atoms with Gasteiger partial charge in [0, 0.05) is 42.5 Å². The Morgan fingerprint density at radius 1 is 1.23 bits per heavy atom. The fourth-order valence-corrected chi connectivity index (χ4v) is 3.83. The lowest BCUT2D eigenvalue weighted by Crippen LogP contribution is -2.26. The van der Waals surface area contributed by atoms with E-state index in [4.69, 9.17) is 4.74 Å². The van der Waals surface area contributed by atoms with Gasteiger partial charge in [0.1, 0.15) is 0 Å². The number of ether oxygens (including phenoxy) is 1. The number of fused-ring (bicyclic) bond motifs is 1. The van der Waals surface area contributed by atoms with E-state index in [1.165, 1.54) is 11.8 Å². The van der Waals surface area contributed by atoms with Crippen LogP contribution < -0.4 is 5.32 Å². The summed E-state index contributed by atoms with van der Waals surface area (Å²) in [5.41, 5.74) is 3.55. The molecule has 0 saturated carbocycles. The topological polar surface area (TPSA) is 81.4 Å².